The highest BCUT2D eigenvalue weighted by atomic mass is 32.2. The summed E-state index contributed by atoms with van der Waals surface area (Å²) in [5.74, 6) is -1.00. The number of aliphatic carboxylic acids is 1. The van der Waals surface area contributed by atoms with Crippen molar-refractivity contribution >= 4 is 29.7 Å². The number of nitriles is 1. The van der Waals surface area contributed by atoms with Crippen LogP contribution in [0.4, 0.5) is 0 Å². The van der Waals surface area contributed by atoms with Crippen molar-refractivity contribution in [1.29, 1.82) is 5.26 Å². The molecule has 6 nitrogen and oxygen atoms in total. The molecule has 3 N–H and O–H groups in total. The van der Waals surface area contributed by atoms with E-state index in [9.17, 15) is 14.7 Å². The fourth-order valence-corrected chi connectivity index (χ4v) is 3.80. The summed E-state index contributed by atoms with van der Waals surface area (Å²) in [6.45, 7) is 0. The summed E-state index contributed by atoms with van der Waals surface area (Å²) in [4.78, 5) is 24.6. The molecule has 2 heterocycles. The summed E-state index contributed by atoms with van der Waals surface area (Å²) >= 11 is 1.46. The van der Waals surface area contributed by atoms with Crippen LogP contribution in [0.1, 0.15) is 11.1 Å². The molecule has 1 unspecified atom stereocenters. The largest absolute Gasteiger partial charge is 0.477 e. The number of benzene rings is 1. The average molecular weight is 327 g/mol. The highest BCUT2D eigenvalue weighted by molar-refractivity contribution is 8.00. The van der Waals surface area contributed by atoms with Gasteiger partial charge in [-0.25, -0.2) is 4.79 Å². The van der Waals surface area contributed by atoms with Crippen molar-refractivity contribution in [2.75, 3.05) is 5.75 Å². The van der Waals surface area contributed by atoms with E-state index in [1.54, 1.807) is 36.4 Å². The molecule has 1 amide bonds. The Morgan fingerprint density at radius 1 is 1.39 bits per heavy atom. The molecule has 1 fully saturated rings. The van der Waals surface area contributed by atoms with Crippen LogP contribution in [0, 0.1) is 11.3 Å². The lowest BCUT2D eigenvalue weighted by Crippen LogP contribution is -2.68. The van der Waals surface area contributed by atoms with E-state index in [4.69, 9.17) is 11.0 Å². The third-order valence-corrected chi connectivity index (χ3v) is 5.08. The van der Waals surface area contributed by atoms with Gasteiger partial charge in [-0.1, -0.05) is 24.3 Å². The topological polar surface area (TPSA) is 107 Å². The molecular weight excluding hydrogens is 314 g/mol. The molecule has 1 aromatic rings. The van der Waals surface area contributed by atoms with Crippen molar-refractivity contribution in [2.24, 2.45) is 5.73 Å². The predicted octanol–water partition coefficient (Wildman–Crippen LogP) is 1.15. The Bertz CT molecular complexity index is 777. The molecule has 7 heteroatoms. The number of fused-ring (bicyclic) bond motifs is 1. The summed E-state index contributed by atoms with van der Waals surface area (Å²) in [5, 5.41) is 17.9. The fraction of sp³-hybridized carbons (Fsp3) is 0.188. The van der Waals surface area contributed by atoms with Crippen LogP contribution in [0.15, 0.2) is 41.6 Å². The first kappa shape index (κ1) is 15.3. The van der Waals surface area contributed by atoms with Gasteiger partial charge in [0, 0.05) is 5.75 Å². The van der Waals surface area contributed by atoms with Gasteiger partial charge in [-0.3, -0.25) is 9.69 Å². The number of amides is 1. The number of β-lactam (4-membered cyclic amide) rings is 1. The van der Waals surface area contributed by atoms with E-state index in [1.165, 1.54) is 16.7 Å². The van der Waals surface area contributed by atoms with Gasteiger partial charge in [-0.05, 0) is 23.3 Å². The van der Waals surface area contributed by atoms with Gasteiger partial charge in [-0.2, -0.15) is 5.26 Å². The average Bonchev–Trinajstić information content (AvgIpc) is 2.58. The van der Waals surface area contributed by atoms with Gasteiger partial charge in [0.2, 0.25) is 5.91 Å². The number of carbonyl (C=O) groups is 2. The van der Waals surface area contributed by atoms with Crippen LogP contribution in [0.25, 0.3) is 6.08 Å². The van der Waals surface area contributed by atoms with E-state index in [2.05, 4.69) is 0 Å². The number of carbonyl (C=O) groups excluding carboxylic acids is 1. The second-order valence-electron chi connectivity index (χ2n) is 5.18. The highest BCUT2D eigenvalue weighted by Crippen LogP contribution is 2.39. The SMILES string of the molecule is N#Cc1ccc(C=CC2=C(C(=O)O)N3C(=O)C(N)[C@H]3SC2)cc1. The van der Waals surface area contributed by atoms with E-state index in [1.807, 2.05) is 6.07 Å². The number of allylic oxidation sites excluding steroid dienone is 1. The van der Waals surface area contributed by atoms with Crippen molar-refractivity contribution in [3.63, 3.8) is 0 Å². The Hall–Kier alpha value is -2.56. The van der Waals surface area contributed by atoms with Crippen molar-refractivity contribution in [3.05, 3.63) is 52.7 Å². The zero-order valence-electron chi connectivity index (χ0n) is 12.0. The van der Waals surface area contributed by atoms with Crippen LogP contribution in [-0.2, 0) is 9.59 Å². The van der Waals surface area contributed by atoms with Gasteiger partial charge in [-0.15, -0.1) is 11.8 Å². The van der Waals surface area contributed by atoms with E-state index >= 15 is 0 Å². The first-order valence-corrected chi connectivity index (χ1v) is 7.92. The molecule has 0 radical (unpaired) electrons. The first-order chi connectivity index (χ1) is 11.0. The molecule has 0 saturated carbocycles. The quantitative estimate of drug-likeness (QED) is 0.807. The van der Waals surface area contributed by atoms with Crippen LogP contribution in [-0.4, -0.2) is 39.1 Å². The Kier molecular flexibility index (Phi) is 3.94. The van der Waals surface area contributed by atoms with E-state index in [0.29, 0.717) is 16.9 Å². The molecule has 2 aliphatic heterocycles. The second-order valence-corrected chi connectivity index (χ2v) is 6.29. The molecule has 116 valence electrons. The third-order valence-electron chi connectivity index (χ3n) is 3.76. The standard InChI is InChI=1S/C16H13N3O3S/c17-7-10-3-1-9(2-4-10)5-6-11-8-23-15-12(18)14(20)19(15)13(11)16(21)22/h1-6,12,15H,8,18H2,(H,21,22)/t12?,15-/m1/s1. The van der Waals surface area contributed by atoms with Crippen molar-refractivity contribution in [1.82, 2.24) is 4.90 Å². The monoisotopic (exact) mass is 327 g/mol. The highest BCUT2D eigenvalue weighted by Gasteiger charge is 2.51. The summed E-state index contributed by atoms with van der Waals surface area (Å²) in [5.41, 5.74) is 7.69. The van der Waals surface area contributed by atoms with Crippen molar-refractivity contribution in [3.8, 4) is 6.07 Å². The number of hydrogen-bond acceptors (Lipinski definition) is 5. The summed E-state index contributed by atoms with van der Waals surface area (Å²) < 4.78 is 0. The molecule has 1 aromatic carbocycles. The van der Waals surface area contributed by atoms with Crippen molar-refractivity contribution in [2.45, 2.75) is 11.4 Å². The first-order valence-electron chi connectivity index (χ1n) is 6.88. The van der Waals surface area contributed by atoms with Crippen LogP contribution >= 0.6 is 11.8 Å². The van der Waals surface area contributed by atoms with Crippen LogP contribution < -0.4 is 5.73 Å². The van der Waals surface area contributed by atoms with E-state index < -0.39 is 12.0 Å². The van der Waals surface area contributed by atoms with Gasteiger partial charge >= 0.3 is 5.97 Å². The minimum absolute atomic E-state index is 0.00495. The van der Waals surface area contributed by atoms with E-state index in [0.717, 1.165) is 5.56 Å². The Morgan fingerprint density at radius 3 is 2.70 bits per heavy atom. The molecule has 0 aromatic heterocycles. The minimum atomic E-state index is -1.13. The molecule has 0 aliphatic carbocycles. The maximum absolute atomic E-state index is 11.8. The molecule has 0 spiro atoms. The lowest BCUT2D eigenvalue weighted by molar-refractivity contribution is -0.147. The number of hydrogen-bond donors (Lipinski definition) is 2. The zero-order valence-corrected chi connectivity index (χ0v) is 12.8. The summed E-state index contributed by atoms with van der Waals surface area (Å²) in [7, 11) is 0. The zero-order chi connectivity index (χ0) is 16.6. The van der Waals surface area contributed by atoms with Gasteiger partial charge in [0.25, 0.3) is 0 Å². The Morgan fingerprint density at radius 2 is 2.09 bits per heavy atom. The third kappa shape index (κ3) is 2.63. The van der Waals surface area contributed by atoms with Gasteiger partial charge in [0.15, 0.2) is 0 Å². The maximum Gasteiger partial charge on any atom is 0.352 e. The molecule has 0 bridgehead atoms. The minimum Gasteiger partial charge on any atom is -0.477 e. The Balaban J connectivity index is 1.90. The molecule has 23 heavy (non-hydrogen) atoms. The van der Waals surface area contributed by atoms with Crippen LogP contribution in [0.3, 0.4) is 0 Å². The summed E-state index contributed by atoms with van der Waals surface area (Å²) in [6, 6.07) is 8.35. The van der Waals surface area contributed by atoms with E-state index in [-0.39, 0.29) is 17.0 Å². The number of nitrogens with zero attached hydrogens (tertiary/aromatic N) is 2. The van der Waals surface area contributed by atoms with Gasteiger partial charge in [0.1, 0.15) is 17.1 Å². The number of carboxylic acid groups (broad SMARTS) is 1. The number of thioether (sulfide) groups is 1. The molecule has 1 saturated heterocycles. The lowest BCUT2D eigenvalue weighted by Gasteiger charge is -2.47. The normalized spacial score (nSPS) is 23.5. The lowest BCUT2D eigenvalue weighted by atomic mass is 10.0. The molecule has 2 atom stereocenters. The van der Waals surface area contributed by atoms with Crippen LogP contribution in [0.2, 0.25) is 0 Å². The molecular formula is C16H13N3O3S. The van der Waals surface area contributed by atoms with Gasteiger partial charge in [0.05, 0.1) is 11.6 Å². The molecule has 2 aliphatic rings. The van der Waals surface area contributed by atoms with Crippen molar-refractivity contribution < 1.29 is 14.7 Å². The smallest absolute Gasteiger partial charge is 0.352 e. The Labute approximate surface area is 136 Å². The van der Waals surface area contributed by atoms with Gasteiger partial charge < -0.3 is 10.8 Å². The number of nitrogens with two attached hydrogens (primary N) is 1. The number of carboxylic acids is 1. The number of rotatable bonds is 3. The molecule has 3 rings (SSSR count). The van der Waals surface area contributed by atoms with Crippen LogP contribution in [0.5, 0.6) is 0 Å². The second kappa shape index (κ2) is 5.91. The summed E-state index contributed by atoms with van der Waals surface area (Å²) in [6.07, 6.45) is 3.47. The maximum atomic E-state index is 11.8. The predicted molar refractivity (Wildman–Crippen MR) is 85.9 cm³/mol. The fourth-order valence-electron chi connectivity index (χ4n) is 2.53.